The van der Waals surface area contributed by atoms with Crippen molar-refractivity contribution in [1.29, 1.82) is 0 Å². The molecule has 2 aromatic heterocycles. The van der Waals surface area contributed by atoms with Gasteiger partial charge in [-0.3, -0.25) is 4.57 Å². The first-order valence-corrected chi connectivity index (χ1v) is 13.7. The van der Waals surface area contributed by atoms with Crippen molar-refractivity contribution in [3.63, 3.8) is 0 Å². The normalized spacial score (nSPS) is 13.4. The van der Waals surface area contributed by atoms with Crippen LogP contribution in [0.2, 0.25) is 0 Å². The summed E-state index contributed by atoms with van der Waals surface area (Å²) in [6.07, 6.45) is 0. The SMILES string of the molecule is CC1(C)c2cc(F)ccc2-c2cc3c4ccccc4n(-c4nc(-c5ccccc5)nc(-c5ccccc5)n4)c3cc21. The number of aromatic nitrogens is 4. The van der Waals surface area contributed by atoms with E-state index in [9.17, 15) is 4.39 Å². The minimum atomic E-state index is -0.355. The molecule has 0 amide bonds. The average Bonchev–Trinajstić information content (AvgIpc) is 3.45. The Morgan fingerprint density at radius 3 is 1.85 bits per heavy atom. The van der Waals surface area contributed by atoms with E-state index in [4.69, 9.17) is 15.0 Å². The molecule has 5 aromatic carbocycles. The van der Waals surface area contributed by atoms with Crippen molar-refractivity contribution in [2.24, 2.45) is 0 Å². The van der Waals surface area contributed by atoms with Gasteiger partial charge in [-0.25, -0.2) is 9.37 Å². The molecule has 2 heterocycles. The van der Waals surface area contributed by atoms with E-state index in [-0.39, 0.29) is 11.2 Å². The first-order chi connectivity index (χ1) is 20.0. The van der Waals surface area contributed by atoms with Crippen LogP contribution in [-0.2, 0) is 5.41 Å². The van der Waals surface area contributed by atoms with Gasteiger partial charge in [-0.1, -0.05) is 98.8 Å². The fourth-order valence-corrected chi connectivity index (χ4v) is 6.28. The van der Waals surface area contributed by atoms with Crippen molar-refractivity contribution in [2.75, 3.05) is 0 Å². The molecule has 0 N–H and O–H groups in total. The number of nitrogens with zero attached hydrogens (tertiary/aromatic N) is 4. The van der Waals surface area contributed by atoms with Crippen LogP contribution in [0.1, 0.15) is 25.0 Å². The van der Waals surface area contributed by atoms with Crippen molar-refractivity contribution >= 4 is 21.8 Å². The summed E-state index contributed by atoms with van der Waals surface area (Å²) in [4.78, 5) is 15.0. The standard InChI is InChI=1S/C36H25FN4/c1-36(2)29-19-24(37)17-18-25(29)27-20-28-26-15-9-10-16-31(26)41(32(28)21-30(27)36)35-39-33(22-11-5-3-6-12-22)38-34(40-35)23-13-7-4-8-14-23/h3-21H,1-2H3. The summed E-state index contributed by atoms with van der Waals surface area (Å²) in [6.45, 7) is 4.33. The Kier molecular flexibility index (Phi) is 5.01. The quantitative estimate of drug-likeness (QED) is 0.228. The number of halogens is 1. The predicted octanol–water partition coefficient (Wildman–Crippen LogP) is 8.75. The molecule has 4 nitrogen and oxygen atoms in total. The maximum absolute atomic E-state index is 14.4. The molecule has 0 atom stereocenters. The van der Waals surface area contributed by atoms with E-state index in [0.717, 1.165) is 55.2 Å². The molecule has 0 bridgehead atoms. The summed E-state index contributed by atoms with van der Waals surface area (Å²) in [6, 6.07) is 38.0. The van der Waals surface area contributed by atoms with Gasteiger partial charge in [-0.15, -0.1) is 0 Å². The number of benzene rings is 5. The van der Waals surface area contributed by atoms with Crippen molar-refractivity contribution in [2.45, 2.75) is 19.3 Å². The van der Waals surface area contributed by atoms with Crippen molar-refractivity contribution in [3.05, 3.63) is 132 Å². The third-order valence-electron chi connectivity index (χ3n) is 8.32. The lowest BCUT2D eigenvalue weighted by Gasteiger charge is -2.21. The molecule has 0 saturated heterocycles. The molecule has 0 radical (unpaired) electrons. The zero-order valence-corrected chi connectivity index (χ0v) is 22.6. The summed E-state index contributed by atoms with van der Waals surface area (Å²) in [5.74, 6) is 1.58. The van der Waals surface area contributed by atoms with Crippen molar-refractivity contribution < 1.29 is 4.39 Å². The van der Waals surface area contributed by atoms with Crippen LogP contribution in [0.3, 0.4) is 0 Å². The van der Waals surface area contributed by atoms with E-state index in [1.807, 2.05) is 72.8 Å². The first kappa shape index (κ1) is 23.7. The maximum Gasteiger partial charge on any atom is 0.238 e. The number of para-hydroxylation sites is 1. The summed E-state index contributed by atoms with van der Waals surface area (Å²) in [5.41, 5.74) is 7.93. The minimum Gasteiger partial charge on any atom is -0.278 e. The summed E-state index contributed by atoms with van der Waals surface area (Å²) in [5, 5.41) is 2.22. The lowest BCUT2D eigenvalue weighted by molar-refractivity contribution is 0.609. The van der Waals surface area contributed by atoms with Crippen molar-refractivity contribution in [1.82, 2.24) is 19.5 Å². The Bertz CT molecular complexity index is 2070. The highest BCUT2D eigenvalue weighted by Gasteiger charge is 2.37. The zero-order chi connectivity index (χ0) is 27.7. The minimum absolute atomic E-state index is 0.212. The summed E-state index contributed by atoms with van der Waals surface area (Å²) >= 11 is 0. The molecule has 0 fully saturated rings. The highest BCUT2D eigenvalue weighted by Crippen LogP contribution is 2.51. The number of hydrogen-bond donors (Lipinski definition) is 0. The van der Waals surface area contributed by atoms with Crippen molar-refractivity contribution in [3.8, 4) is 39.9 Å². The molecular weight excluding hydrogens is 507 g/mol. The molecule has 1 aliphatic carbocycles. The Morgan fingerprint density at radius 2 is 1.17 bits per heavy atom. The molecule has 0 spiro atoms. The second-order valence-electron chi connectivity index (χ2n) is 11.1. The van der Waals surface area contributed by atoms with Gasteiger partial charge < -0.3 is 0 Å². The van der Waals surface area contributed by atoms with Gasteiger partial charge in [0.2, 0.25) is 5.95 Å². The van der Waals surface area contributed by atoms with Gasteiger partial charge in [-0.2, -0.15) is 9.97 Å². The molecule has 0 aliphatic heterocycles. The number of hydrogen-bond acceptors (Lipinski definition) is 3. The molecule has 5 heteroatoms. The lowest BCUT2D eigenvalue weighted by Crippen LogP contribution is -2.15. The Balaban J connectivity index is 1.45. The predicted molar refractivity (Wildman–Crippen MR) is 163 cm³/mol. The maximum atomic E-state index is 14.4. The van der Waals surface area contributed by atoms with E-state index in [1.54, 1.807) is 12.1 Å². The van der Waals surface area contributed by atoms with Gasteiger partial charge in [0, 0.05) is 27.3 Å². The van der Waals surface area contributed by atoms with Crippen LogP contribution in [0.5, 0.6) is 0 Å². The molecular formula is C36H25FN4. The van der Waals surface area contributed by atoms with Gasteiger partial charge in [0.15, 0.2) is 11.6 Å². The lowest BCUT2D eigenvalue weighted by atomic mass is 9.82. The largest absolute Gasteiger partial charge is 0.278 e. The monoisotopic (exact) mass is 532 g/mol. The third-order valence-corrected chi connectivity index (χ3v) is 8.32. The molecule has 196 valence electrons. The van der Waals surface area contributed by atoms with Crippen LogP contribution >= 0.6 is 0 Å². The Morgan fingerprint density at radius 1 is 0.561 bits per heavy atom. The molecule has 0 saturated carbocycles. The van der Waals surface area contributed by atoms with E-state index in [1.165, 1.54) is 0 Å². The fourth-order valence-electron chi connectivity index (χ4n) is 6.28. The van der Waals surface area contributed by atoms with E-state index < -0.39 is 0 Å². The van der Waals surface area contributed by atoms with Crippen LogP contribution in [0.25, 0.3) is 61.7 Å². The van der Waals surface area contributed by atoms with Gasteiger partial charge in [0.1, 0.15) is 5.82 Å². The van der Waals surface area contributed by atoms with Gasteiger partial charge >= 0.3 is 0 Å². The second kappa shape index (κ2) is 8.67. The van der Waals surface area contributed by atoms with Gasteiger partial charge in [0.25, 0.3) is 0 Å². The van der Waals surface area contributed by atoms with Crippen LogP contribution < -0.4 is 0 Å². The fraction of sp³-hybridized carbons (Fsp3) is 0.0833. The molecule has 41 heavy (non-hydrogen) atoms. The van der Waals surface area contributed by atoms with E-state index >= 15 is 0 Å². The highest BCUT2D eigenvalue weighted by molar-refractivity contribution is 6.11. The first-order valence-electron chi connectivity index (χ1n) is 13.7. The Labute approximate surface area is 236 Å². The van der Waals surface area contributed by atoms with Gasteiger partial charge in [-0.05, 0) is 52.6 Å². The molecule has 7 aromatic rings. The topological polar surface area (TPSA) is 43.6 Å². The highest BCUT2D eigenvalue weighted by atomic mass is 19.1. The van der Waals surface area contributed by atoms with Crippen LogP contribution in [0, 0.1) is 5.82 Å². The van der Waals surface area contributed by atoms with Crippen LogP contribution in [0.15, 0.2) is 115 Å². The smallest absolute Gasteiger partial charge is 0.238 e. The second-order valence-corrected chi connectivity index (χ2v) is 11.1. The van der Waals surface area contributed by atoms with Crippen LogP contribution in [0.4, 0.5) is 4.39 Å². The summed E-state index contributed by atoms with van der Waals surface area (Å²) in [7, 11) is 0. The van der Waals surface area contributed by atoms with Gasteiger partial charge in [0.05, 0.1) is 11.0 Å². The molecule has 0 unspecified atom stereocenters. The van der Waals surface area contributed by atoms with E-state index in [2.05, 4.69) is 48.7 Å². The number of rotatable bonds is 3. The summed E-state index contributed by atoms with van der Waals surface area (Å²) < 4.78 is 16.5. The zero-order valence-electron chi connectivity index (χ0n) is 22.6. The van der Waals surface area contributed by atoms with E-state index in [0.29, 0.717) is 17.6 Å². The average molecular weight is 533 g/mol. The Hall–Kier alpha value is -5.16. The number of fused-ring (bicyclic) bond motifs is 6. The van der Waals surface area contributed by atoms with Crippen LogP contribution in [-0.4, -0.2) is 19.5 Å². The third kappa shape index (κ3) is 3.55. The molecule has 1 aliphatic rings. The molecule has 8 rings (SSSR count).